The van der Waals surface area contributed by atoms with Gasteiger partial charge in [0.25, 0.3) is 0 Å². The van der Waals surface area contributed by atoms with E-state index in [2.05, 4.69) is 45.0 Å². The number of hydrogen-bond donors (Lipinski definition) is 0. The molecule has 70 valence electrons. The number of benzene rings is 1. The maximum absolute atomic E-state index is 2.21. The molecule has 13 heavy (non-hydrogen) atoms. The largest absolute Gasteiger partial charge is 2.00 e. The van der Waals surface area contributed by atoms with E-state index in [1.165, 1.54) is 11.1 Å². The van der Waals surface area contributed by atoms with Gasteiger partial charge < -0.3 is 24.8 Å². The molecule has 0 fully saturated rings. The minimum atomic E-state index is 0. The van der Waals surface area contributed by atoms with Crippen LogP contribution in [0.5, 0.6) is 0 Å². The van der Waals surface area contributed by atoms with Gasteiger partial charge in [-0.05, 0) is 18.4 Å². The van der Waals surface area contributed by atoms with Crippen molar-refractivity contribution in [2.45, 2.75) is 26.7 Å². The van der Waals surface area contributed by atoms with Gasteiger partial charge in [0.1, 0.15) is 0 Å². The van der Waals surface area contributed by atoms with E-state index < -0.39 is 0 Å². The van der Waals surface area contributed by atoms with Crippen LogP contribution in [0.25, 0.3) is 0 Å². The summed E-state index contributed by atoms with van der Waals surface area (Å²) in [5.74, 6) is 0.653. The molecular formula is C10H14Cl2Mg. The van der Waals surface area contributed by atoms with Gasteiger partial charge in [0.05, 0.1) is 0 Å². The minimum absolute atomic E-state index is 0. The first-order valence-corrected chi connectivity index (χ1v) is 3.76. The average Bonchev–Trinajstić information content (AvgIpc) is 1.88. The van der Waals surface area contributed by atoms with Crippen LogP contribution in [0.3, 0.4) is 0 Å². The minimum Gasteiger partial charge on any atom is -1.00 e. The molecule has 0 amide bonds. The summed E-state index contributed by atoms with van der Waals surface area (Å²) in [6, 6.07) is 8.71. The van der Waals surface area contributed by atoms with Crippen molar-refractivity contribution in [3.8, 4) is 0 Å². The number of aryl methyl sites for hydroxylation is 1. The van der Waals surface area contributed by atoms with Crippen molar-refractivity contribution in [2.75, 3.05) is 0 Å². The molecule has 0 saturated heterocycles. The smallest absolute Gasteiger partial charge is 1.00 e. The zero-order valence-electron chi connectivity index (χ0n) is 8.35. The fourth-order valence-corrected chi connectivity index (χ4v) is 0.951. The average molecular weight is 229 g/mol. The summed E-state index contributed by atoms with van der Waals surface area (Å²) in [7, 11) is 0. The fourth-order valence-electron chi connectivity index (χ4n) is 0.951. The predicted octanol–water partition coefficient (Wildman–Crippen LogP) is -3.25. The Morgan fingerprint density at radius 3 is 1.62 bits per heavy atom. The third-order valence-corrected chi connectivity index (χ3v) is 1.74. The van der Waals surface area contributed by atoms with Gasteiger partial charge in [-0.2, -0.15) is 0 Å². The van der Waals surface area contributed by atoms with Crippen molar-refractivity contribution in [3.05, 3.63) is 35.4 Å². The van der Waals surface area contributed by atoms with Crippen LogP contribution in [0.2, 0.25) is 0 Å². The number of halogens is 2. The molecule has 0 N–H and O–H groups in total. The topological polar surface area (TPSA) is 0 Å². The van der Waals surface area contributed by atoms with Crippen molar-refractivity contribution in [1.29, 1.82) is 0 Å². The van der Waals surface area contributed by atoms with Crippen LogP contribution in [0.15, 0.2) is 24.3 Å². The normalized spacial score (nSPS) is 8.00. The van der Waals surface area contributed by atoms with Crippen LogP contribution >= 0.6 is 0 Å². The summed E-state index contributed by atoms with van der Waals surface area (Å²) in [6.07, 6.45) is 0. The van der Waals surface area contributed by atoms with Crippen LogP contribution in [-0.4, -0.2) is 23.1 Å². The van der Waals surface area contributed by atoms with Gasteiger partial charge in [0.2, 0.25) is 0 Å². The summed E-state index contributed by atoms with van der Waals surface area (Å²) < 4.78 is 0. The summed E-state index contributed by atoms with van der Waals surface area (Å²) in [6.45, 7) is 6.54. The summed E-state index contributed by atoms with van der Waals surface area (Å²) >= 11 is 0. The zero-order chi connectivity index (χ0) is 7.56. The van der Waals surface area contributed by atoms with Gasteiger partial charge in [-0.15, -0.1) is 0 Å². The molecule has 0 aliphatic rings. The molecule has 1 aromatic rings. The van der Waals surface area contributed by atoms with E-state index >= 15 is 0 Å². The van der Waals surface area contributed by atoms with Gasteiger partial charge in [-0.1, -0.05) is 43.7 Å². The van der Waals surface area contributed by atoms with Gasteiger partial charge in [0, 0.05) is 0 Å². The standard InChI is InChI=1S/C10H14.2ClH.Mg/c1-8(2)10-6-4-9(3)5-7-10;;;/h4-8H,1-3H3;2*1H;/q;;;+2/p-2. The Bertz CT molecular complexity index is 207. The first kappa shape index (κ1) is 19.2. The van der Waals surface area contributed by atoms with Crippen molar-refractivity contribution >= 4 is 23.1 Å². The monoisotopic (exact) mass is 228 g/mol. The molecular weight excluding hydrogens is 215 g/mol. The molecule has 1 aromatic carbocycles. The van der Waals surface area contributed by atoms with E-state index in [0.717, 1.165) is 0 Å². The van der Waals surface area contributed by atoms with Gasteiger partial charge in [-0.25, -0.2) is 0 Å². The molecule has 0 nitrogen and oxygen atoms in total. The molecule has 0 aliphatic heterocycles. The second-order valence-electron chi connectivity index (χ2n) is 3.07. The van der Waals surface area contributed by atoms with E-state index in [9.17, 15) is 0 Å². The molecule has 0 aliphatic carbocycles. The molecule has 0 saturated carbocycles. The third kappa shape index (κ3) is 6.61. The molecule has 0 spiro atoms. The second-order valence-corrected chi connectivity index (χ2v) is 3.07. The van der Waals surface area contributed by atoms with Crippen LogP contribution in [0.1, 0.15) is 30.9 Å². The Balaban J connectivity index is -0.000000333. The van der Waals surface area contributed by atoms with E-state index in [1.54, 1.807) is 0 Å². The third-order valence-electron chi connectivity index (χ3n) is 1.74. The van der Waals surface area contributed by atoms with Crippen LogP contribution in [0, 0.1) is 6.92 Å². The van der Waals surface area contributed by atoms with Gasteiger partial charge >= 0.3 is 23.1 Å². The first-order chi connectivity index (χ1) is 4.70. The van der Waals surface area contributed by atoms with Crippen LogP contribution in [-0.2, 0) is 0 Å². The zero-order valence-corrected chi connectivity index (χ0v) is 11.3. The Morgan fingerprint density at radius 2 is 1.31 bits per heavy atom. The van der Waals surface area contributed by atoms with Crippen molar-refractivity contribution < 1.29 is 24.8 Å². The molecule has 3 heteroatoms. The molecule has 0 aromatic heterocycles. The Morgan fingerprint density at radius 1 is 0.923 bits per heavy atom. The number of rotatable bonds is 1. The first-order valence-electron chi connectivity index (χ1n) is 3.76. The Hall–Kier alpha value is 0.566. The Kier molecular flexibility index (Phi) is 13.5. The maximum atomic E-state index is 2.21. The summed E-state index contributed by atoms with van der Waals surface area (Å²) in [5.41, 5.74) is 2.76. The number of hydrogen-bond acceptors (Lipinski definition) is 0. The fraction of sp³-hybridized carbons (Fsp3) is 0.400. The molecule has 0 atom stereocenters. The van der Waals surface area contributed by atoms with E-state index in [-0.39, 0.29) is 47.9 Å². The van der Waals surface area contributed by atoms with Gasteiger partial charge in [-0.3, -0.25) is 0 Å². The quantitative estimate of drug-likeness (QED) is 0.444. The van der Waals surface area contributed by atoms with Crippen molar-refractivity contribution in [3.63, 3.8) is 0 Å². The van der Waals surface area contributed by atoms with E-state index in [0.29, 0.717) is 5.92 Å². The van der Waals surface area contributed by atoms with Crippen molar-refractivity contribution in [2.24, 2.45) is 0 Å². The molecule has 0 bridgehead atoms. The Labute approximate surface area is 109 Å². The molecule has 0 radical (unpaired) electrons. The second kappa shape index (κ2) is 9.13. The maximum Gasteiger partial charge on any atom is 2.00 e. The van der Waals surface area contributed by atoms with E-state index in [1.807, 2.05) is 0 Å². The SMILES string of the molecule is Cc1ccc(C(C)C)cc1.[Cl-].[Cl-].[Mg+2]. The van der Waals surface area contributed by atoms with Crippen LogP contribution < -0.4 is 24.8 Å². The molecule has 0 heterocycles. The molecule has 1 rings (SSSR count). The predicted molar refractivity (Wildman–Crippen MR) is 51.0 cm³/mol. The molecule has 0 unspecified atom stereocenters. The van der Waals surface area contributed by atoms with E-state index in [4.69, 9.17) is 0 Å². The summed E-state index contributed by atoms with van der Waals surface area (Å²) in [5, 5.41) is 0. The van der Waals surface area contributed by atoms with Gasteiger partial charge in [0.15, 0.2) is 0 Å². The summed E-state index contributed by atoms with van der Waals surface area (Å²) in [4.78, 5) is 0. The van der Waals surface area contributed by atoms with Crippen LogP contribution in [0.4, 0.5) is 0 Å². The van der Waals surface area contributed by atoms with Crippen molar-refractivity contribution in [1.82, 2.24) is 0 Å².